The first kappa shape index (κ1) is 16.3. The second-order valence-corrected chi connectivity index (χ2v) is 6.54. The topological polar surface area (TPSA) is 86.2 Å². The van der Waals surface area contributed by atoms with E-state index in [1.807, 2.05) is 37.3 Å². The van der Waals surface area contributed by atoms with Crippen LogP contribution in [0.25, 0.3) is 11.2 Å². The number of anilines is 1. The number of fused-ring (bicyclic) bond motifs is 3. The van der Waals surface area contributed by atoms with E-state index in [1.165, 1.54) is 14.7 Å². The minimum absolute atomic E-state index is 0.300. The predicted octanol–water partition coefficient (Wildman–Crippen LogP) is 1.33. The summed E-state index contributed by atoms with van der Waals surface area (Å²) in [5, 5.41) is 4.14. The van der Waals surface area contributed by atoms with Crippen LogP contribution in [0.15, 0.2) is 45.0 Å². The summed E-state index contributed by atoms with van der Waals surface area (Å²) in [6.45, 7) is 2.73. The van der Waals surface area contributed by atoms with Gasteiger partial charge in [-0.2, -0.15) is 10.1 Å². The lowest BCUT2D eigenvalue weighted by Crippen LogP contribution is -2.40. The van der Waals surface area contributed by atoms with Gasteiger partial charge in [0.2, 0.25) is 5.95 Å². The molecule has 0 saturated carbocycles. The van der Waals surface area contributed by atoms with Crippen molar-refractivity contribution in [2.24, 2.45) is 12.1 Å². The van der Waals surface area contributed by atoms with Crippen LogP contribution in [0.2, 0.25) is 0 Å². The molecule has 1 aliphatic rings. The van der Waals surface area contributed by atoms with Gasteiger partial charge < -0.3 is 0 Å². The number of aromatic nitrogens is 4. The van der Waals surface area contributed by atoms with Crippen molar-refractivity contribution in [3.63, 3.8) is 0 Å². The van der Waals surface area contributed by atoms with Crippen LogP contribution in [0.3, 0.4) is 0 Å². The fourth-order valence-electron chi connectivity index (χ4n) is 3.30. The van der Waals surface area contributed by atoms with Gasteiger partial charge in [0.1, 0.15) is 0 Å². The van der Waals surface area contributed by atoms with Gasteiger partial charge in [0.15, 0.2) is 11.2 Å². The Labute approximate surface area is 149 Å². The quantitative estimate of drug-likeness (QED) is 0.767. The summed E-state index contributed by atoms with van der Waals surface area (Å²) < 4.78 is 4.52. The third-order valence-electron chi connectivity index (χ3n) is 4.66. The molecule has 8 nitrogen and oxygen atoms in total. The molecule has 0 atom stereocenters. The van der Waals surface area contributed by atoms with Crippen molar-refractivity contribution in [2.45, 2.75) is 32.9 Å². The van der Waals surface area contributed by atoms with Crippen LogP contribution < -0.4 is 16.7 Å². The lowest BCUT2D eigenvalue weighted by atomic mass is 10.1. The van der Waals surface area contributed by atoms with Crippen LogP contribution in [0.1, 0.15) is 18.9 Å². The van der Waals surface area contributed by atoms with Crippen molar-refractivity contribution in [2.75, 3.05) is 5.43 Å². The van der Waals surface area contributed by atoms with Gasteiger partial charge in [-0.15, -0.1) is 0 Å². The molecule has 0 unspecified atom stereocenters. The first-order chi connectivity index (χ1) is 12.6. The lowest BCUT2D eigenvalue weighted by Gasteiger charge is -2.13. The van der Waals surface area contributed by atoms with Crippen LogP contribution in [0, 0.1) is 0 Å². The molecule has 3 aromatic rings. The average molecular weight is 352 g/mol. The molecular weight excluding hydrogens is 332 g/mol. The highest BCUT2D eigenvalue weighted by atomic mass is 16.2. The van der Waals surface area contributed by atoms with Gasteiger partial charge in [-0.25, -0.2) is 10.2 Å². The fraction of sp³-hybridized carbons (Fsp3) is 0.333. The second-order valence-electron chi connectivity index (χ2n) is 6.54. The van der Waals surface area contributed by atoms with Gasteiger partial charge in [-0.05, 0) is 25.3 Å². The molecule has 0 bridgehead atoms. The predicted molar refractivity (Wildman–Crippen MR) is 101 cm³/mol. The molecule has 0 saturated heterocycles. The zero-order valence-electron chi connectivity index (χ0n) is 14.8. The average Bonchev–Trinajstić information content (AvgIpc) is 3.02. The van der Waals surface area contributed by atoms with Gasteiger partial charge >= 0.3 is 5.69 Å². The smallest absolute Gasteiger partial charge is 0.297 e. The van der Waals surface area contributed by atoms with Crippen molar-refractivity contribution in [3.8, 4) is 0 Å². The lowest BCUT2D eigenvalue weighted by molar-refractivity contribution is 0.571. The second kappa shape index (κ2) is 6.29. The van der Waals surface area contributed by atoms with Gasteiger partial charge in [-0.3, -0.25) is 18.5 Å². The van der Waals surface area contributed by atoms with Crippen LogP contribution in [0.4, 0.5) is 5.95 Å². The first-order valence-corrected chi connectivity index (χ1v) is 8.59. The Kier molecular flexibility index (Phi) is 3.95. The monoisotopic (exact) mass is 352 g/mol. The Balaban J connectivity index is 1.72. The van der Waals surface area contributed by atoms with E-state index in [4.69, 9.17) is 0 Å². The maximum absolute atomic E-state index is 13.0. The van der Waals surface area contributed by atoms with E-state index in [1.54, 1.807) is 11.6 Å². The van der Waals surface area contributed by atoms with Crippen molar-refractivity contribution in [1.82, 2.24) is 18.7 Å². The summed E-state index contributed by atoms with van der Waals surface area (Å²) in [5.41, 5.74) is 5.05. The van der Waals surface area contributed by atoms with E-state index < -0.39 is 0 Å². The van der Waals surface area contributed by atoms with E-state index in [0.29, 0.717) is 36.6 Å². The summed E-state index contributed by atoms with van der Waals surface area (Å²) in [6, 6.07) is 10.0. The van der Waals surface area contributed by atoms with Crippen molar-refractivity contribution in [1.29, 1.82) is 0 Å². The molecule has 0 spiro atoms. The zero-order chi connectivity index (χ0) is 18.3. The molecular formula is C18H20N6O2. The van der Waals surface area contributed by atoms with Gasteiger partial charge in [-0.1, -0.05) is 30.3 Å². The molecule has 1 N–H and O–H groups in total. The number of nitrogens with zero attached hydrogens (tertiary/aromatic N) is 5. The number of hydrazone groups is 1. The molecule has 0 fully saturated rings. The Morgan fingerprint density at radius 3 is 2.73 bits per heavy atom. The van der Waals surface area contributed by atoms with Crippen molar-refractivity contribution < 1.29 is 0 Å². The van der Waals surface area contributed by atoms with E-state index in [2.05, 4.69) is 15.5 Å². The van der Waals surface area contributed by atoms with E-state index >= 15 is 0 Å². The number of benzene rings is 1. The van der Waals surface area contributed by atoms with Gasteiger partial charge in [0.05, 0.1) is 12.3 Å². The maximum Gasteiger partial charge on any atom is 0.332 e. The summed E-state index contributed by atoms with van der Waals surface area (Å²) in [6.07, 6.45) is 1.52. The van der Waals surface area contributed by atoms with Crippen molar-refractivity contribution in [3.05, 3.63) is 56.7 Å². The number of aryl methyl sites for hydroxylation is 2. The van der Waals surface area contributed by atoms with E-state index in [-0.39, 0.29) is 11.2 Å². The summed E-state index contributed by atoms with van der Waals surface area (Å²) in [7, 11) is 1.64. The normalized spacial score (nSPS) is 13.4. The molecule has 8 heteroatoms. The van der Waals surface area contributed by atoms with Crippen molar-refractivity contribution >= 4 is 22.8 Å². The minimum Gasteiger partial charge on any atom is -0.297 e. The Bertz CT molecular complexity index is 1120. The Hall–Kier alpha value is -3.16. The summed E-state index contributed by atoms with van der Waals surface area (Å²) in [5.74, 6) is 0.486. The minimum atomic E-state index is -0.344. The highest BCUT2D eigenvalue weighted by Crippen LogP contribution is 2.18. The number of hydrogen-bond donors (Lipinski definition) is 1. The number of imidazole rings is 1. The first-order valence-electron chi connectivity index (χ1n) is 8.59. The Morgan fingerprint density at radius 2 is 1.96 bits per heavy atom. The van der Waals surface area contributed by atoms with Crippen LogP contribution in [0.5, 0.6) is 0 Å². The van der Waals surface area contributed by atoms with E-state index in [9.17, 15) is 9.59 Å². The summed E-state index contributed by atoms with van der Waals surface area (Å²) in [4.78, 5) is 30.0. The largest absolute Gasteiger partial charge is 0.332 e. The summed E-state index contributed by atoms with van der Waals surface area (Å²) >= 11 is 0. The molecule has 0 amide bonds. The standard InChI is InChI=1S/C18H20N6O2/c1-12-11-24-14-15(19-17(24)21-20-12)22(2)18(26)23(16(14)25)10-6-9-13-7-4-3-5-8-13/h3-5,7-8H,6,9-11H2,1-2H3,(H,19,21). The SMILES string of the molecule is CC1=NNc2nc3c(c(=O)n(CCCc4ccccc4)c(=O)n3C)n2C1. The molecule has 2 aromatic heterocycles. The molecule has 1 aromatic carbocycles. The maximum atomic E-state index is 13.0. The number of hydrogen-bond acceptors (Lipinski definition) is 5. The van der Waals surface area contributed by atoms with Crippen LogP contribution in [-0.2, 0) is 26.6 Å². The van der Waals surface area contributed by atoms with Gasteiger partial charge in [0, 0.05) is 13.6 Å². The molecule has 0 aliphatic carbocycles. The Morgan fingerprint density at radius 1 is 1.19 bits per heavy atom. The van der Waals surface area contributed by atoms with Crippen LogP contribution in [-0.4, -0.2) is 24.4 Å². The van der Waals surface area contributed by atoms with E-state index in [0.717, 1.165) is 12.1 Å². The molecule has 3 heterocycles. The molecule has 4 rings (SSSR count). The van der Waals surface area contributed by atoms with Gasteiger partial charge in [0.25, 0.3) is 5.56 Å². The fourth-order valence-corrected chi connectivity index (χ4v) is 3.30. The number of nitrogens with one attached hydrogen (secondary N) is 1. The molecule has 0 radical (unpaired) electrons. The highest BCUT2D eigenvalue weighted by Gasteiger charge is 2.22. The molecule has 1 aliphatic heterocycles. The molecule has 134 valence electrons. The third kappa shape index (κ3) is 2.63. The number of rotatable bonds is 4. The molecule has 26 heavy (non-hydrogen) atoms. The zero-order valence-corrected chi connectivity index (χ0v) is 14.8. The third-order valence-corrected chi connectivity index (χ3v) is 4.66. The highest BCUT2D eigenvalue weighted by molar-refractivity contribution is 5.87. The van der Waals surface area contributed by atoms with Crippen LogP contribution >= 0.6 is 0 Å².